The van der Waals surface area contributed by atoms with Gasteiger partial charge in [0.25, 0.3) is 0 Å². The molecule has 3 rings (SSSR count). The molecule has 1 fully saturated rings. The van der Waals surface area contributed by atoms with Gasteiger partial charge in [0.15, 0.2) is 5.92 Å². The maximum absolute atomic E-state index is 12.7. The fourth-order valence-electron chi connectivity index (χ4n) is 3.22. The largest absolute Gasteiger partial charge is 0.465 e. The Hall–Kier alpha value is -2.41. The number of aliphatic imine (C=N–C) groups is 1. The van der Waals surface area contributed by atoms with Crippen LogP contribution in [0.2, 0.25) is 0 Å². The first-order chi connectivity index (χ1) is 12.1. The minimum absolute atomic E-state index is 0.238. The summed E-state index contributed by atoms with van der Waals surface area (Å²) in [5.74, 6) is -1.26. The van der Waals surface area contributed by atoms with Gasteiger partial charge in [0.05, 0.1) is 39.8 Å². The lowest BCUT2D eigenvalue weighted by molar-refractivity contribution is -0.883. The molecule has 1 saturated heterocycles. The molecule has 1 aromatic carbocycles. The molecule has 2 aliphatic rings. The monoisotopic (exact) mass is 345 g/mol. The SMILES string of the molecule is CCOC(=O)[C@H]1C(=O)NC(N2CC[NH+](C)CC2)=N[C@H]1c1ccccc1. The molecule has 0 aliphatic carbocycles. The highest BCUT2D eigenvalue weighted by atomic mass is 16.5. The van der Waals surface area contributed by atoms with Crippen LogP contribution in [-0.4, -0.2) is 62.6 Å². The Morgan fingerprint density at radius 3 is 2.64 bits per heavy atom. The number of hydrogen-bond donors (Lipinski definition) is 2. The van der Waals surface area contributed by atoms with Crippen molar-refractivity contribution in [3.8, 4) is 0 Å². The smallest absolute Gasteiger partial charge is 0.321 e. The summed E-state index contributed by atoms with van der Waals surface area (Å²) < 4.78 is 5.11. The predicted molar refractivity (Wildman–Crippen MR) is 93.1 cm³/mol. The van der Waals surface area contributed by atoms with Gasteiger partial charge in [-0.15, -0.1) is 0 Å². The van der Waals surface area contributed by atoms with E-state index in [4.69, 9.17) is 9.73 Å². The summed E-state index contributed by atoms with van der Waals surface area (Å²) in [4.78, 5) is 33.3. The molecule has 7 nitrogen and oxygen atoms in total. The zero-order chi connectivity index (χ0) is 17.8. The third kappa shape index (κ3) is 3.82. The molecular weight excluding hydrogens is 320 g/mol. The van der Waals surface area contributed by atoms with Crippen molar-refractivity contribution in [1.29, 1.82) is 0 Å². The number of piperazine rings is 1. The zero-order valence-electron chi connectivity index (χ0n) is 14.7. The van der Waals surface area contributed by atoms with Gasteiger partial charge in [0.1, 0.15) is 6.04 Å². The minimum atomic E-state index is -0.954. The summed E-state index contributed by atoms with van der Waals surface area (Å²) in [6.07, 6.45) is 0. The number of hydrogen-bond acceptors (Lipinski definition) is 5. The van der Waals surface area contributed by atoms with E-state index in [0.717, 1.165) is 31.7 Å². The molecule has 134 valence electrons. The summed E-state index contributed by atoms with van der Waals surface area (Å²) >= 11 is 0. The van der Waals surface area contributed by atoms with E-state index in [1.807, 2.05) is 30.3 Å². The van der Waals surface area contributed by atoms with Gasteiger partial charge < -0.3 is 14.5 Å². The fourth-order valence-corrected chi connectivity index (χ4v) is 3.22. The van der Waals surface area contributed by atoms with Crippen molar-refractivity contribution in [2.75, 3.05) is 39.8 Å². The normalized spacial score (nSPS) is 24.5. The molecule has 0 radical (unpaired) electrons. The van der Waals surface area contributed by atoms with E-state index in [-0.39, 0.29) is 12.5 Å². The number of nitrogens with zero attached hydrogens (tertiary/aromatic N) is 2. The van der Waals surface area contributed by atoms with Gasteiger partial charge in [-0.2, -0.15) is 0 Å². The quantitative estimate of drug-likeness (QED) is 0.557. The molecule has 1 amide bonds. The van der Waals surface area contributed by atoms with Gasteiger partial charge in [0.2, 0.25) is 11.9 Å². The Labute approximate surface area is 147 Å². The Kier molecular flexibility index (Phi) is 5.33. The lowest BCUT2D eigenvalue weighted by atomic mass is 9.91. The van der Waals surface area contributed by atoms with Crippen LogP contribution in [0.5, 0.6) is 0 Å². The first-order valence-corrected chi connectivity index (χ1v) is 8.76. The lowest BCUT2D eigenvalue weighted by Crippen LogP contribution is -3.12. The zero-order valence-corrected chi connectivity index (χ0v) is 14.7. The molecule has 0 unspecified atom stereocenters. The van der Waals surface area contributed by atoms with Crippen LogP contribution in [-0.2, 0) is 14.3 Å². The molecule has 2 N–H and O–H groups in total. The van der Waals surface area contributed by atoms with Crippen molar-refractivity contribution in [2.24, 2.45) is 10.9 Å². The van der Waals surface area contributed by atoms with Crippen molar-refractivity contribution in [2.45, 2.75) is 13.0 Å². The average Bonchev–Trinajstić information content (AvgIpc) is 2.62. The third-order valence-electron chi connectivity index (χ3n) is 4.69. The van der Waals surface area contributed by atoms with Crippen LogP contribution in [0.15, 0.2) is 35.3 Å². The van der Waals surface area contributed by atoms with Gasteiger partial charge in [0, 0.05) is 0 Å². The Balaban J connectivity index is 1.91. The summed E-state index contributed by atoms with van der Waals surface area (Å²) in [5.41, 5.74) is 0.840. The standard InChI is InChI=1S/C18H24N4O3/c1-3-25-17(24)14-15(13-7-5-4-6-8-13)19-18(20-16(14)23)22-11-9-21(2)10-12-22/h4-8,14-15H,3,9-12H2,1-2H3,(H,19,20,23)/p+1/t14-,15+/m1/s1. The number of rotatable bonds is 3. The maximum Gasteiger partial charge on any atom is 0.321 e. The number of carbonyl (C=O) groups is 2. The van der Waals surface area contributed by atoms with E-state index in [2.05, 4.69) is 17.3 Å². The maximum atomic E-state index is 12.7. The molecule has 0 bridgehead atoms. The number of benzene rings is 1. The fraction of sp³-hybridized carbons (Fsp3) is 0.500. The van der Waals surface area contributed by atoms with Gasteiger partial charge >= 0.3 is 5.97 Å². The highest BCUT2D eigenvalue weighted by molar-refractivity contribution is 6.08. The van der Waals surface area contributed by atoms with Crippen molar-refractivity contribution in [1.82, 2.24) is 10.2 Å². The van der Waals surface area contributed by atoms with Gasteiger partial charge in [-0.05, 0) is 12.5 Å². The van der Waals surface area contributed by atoms with Crippen LogP contribution < -0.4 is 10.2 Å². The summed E-state index contributed by atoms with van der Waals surface area (Å²) in [6, 6.07) is 8.91. The van der Waals surface area contributed by atoms with Crippen LogP contribution >= 0.6 is 0 Å². The number of likely N-dealkylation sites (N-methyl/N-ethyl adjacent to an activating group) is 1. The molecular formula is C18H25N4O3+. The molecule has 7 heteroatoms. The van der Waals surface area contributed by atoms with Crippen molar-refractivity contribution >= 4 is 17.8 Å². The molecule has 2 aliphatic heterocycles. The number of guanidine groups is 1. The number of esters is 1. The Morgan fingerprint density at radius 1 is 1.32 bits per heavy atom. The highest BCUT2D eigenvalue weighted by Gasteiger charge is 2.42. The first kappa shape index (κ1) is 17.4. The molecule has 0 spiro atoms. The lowest BCUT2D eigenvalue weighted by Gasteiger charge is -2.36. The topological polar surface area (TPSA) is 75.4 Å². The van der Waals surface area contributed by atoms with Crippen molar-refractivity contribution < 1.29 is 19.2 Å². The second kappa shape index (κ2) is 7.65. The van der Waals surface area contributed by atoms with E-state index >= 15 is 0 Å². The van der Waals surface area contributed by atoms with Crippen LogP contribution in [0, 0.1) is 5.92 Å². The molecule has 0 saturated carbocycles. The molecule has 2 atom stereocenters. The van der Waals surface area contributed by atoms with Crippen molar-refractivity contribution in [3.05, 3.63) is 35.9 Å². The van der Waals surface area contributed by atoms with E-state index in [9.17, 15) is 9.59 Å². The van der Waals surface area contributed by atoms with Gasteiger partial charge in [-0.1, -0.05) is 30.3 Å². The summed E-state index contributed by atoms with van der Waals surface area (Å²) in [5, 5.41) is 2.82. The number of nitrogens with one attached hydrogen (secondary N) is 2. The summed E-state index contributed by atoms with van der Waals surface area (Å²) in [7, 11) is 2.15. The summed E-state index contributed by atoms with van der Waals surface area (Å²) in [6.45, 7) is 5.62. The van der Waals surface area contributed by atoms with Crippen LogP contribution in [0.4, 0.5) is 0 Å². The number of carbonyl (C=O) groups excluding carboxylic acids is 2. The number of amides is 1. The van der Waals surface area contributed by atoms with Crippen LogP contribution in [0.1, 0.15) is 18.5 Å². The Bertz CT molecular complexity index is 654. The molecule has 1 aromatic rings. The molecule has 25 heavy (non-hydrogen) atoms. The van der Waals surface area contributed by atoms with E-state index in [0.29, 0.717) is 5.96 Å². The predicted octanol–water partition coefficient (Wildman–Crippen LogP) is -0.777. The van der Waals surface area contributed by atoms with Gasteiger partial charge in [-0.25, -0.2) is 4.99 Å². The van der Waals surface area contributed by atoms with Crippen LogP contribution in [0.25, 0.3) is 0 Å². The van der Waals surface area contributed by atoms with Gasteiger partial charge in [-0.3, -0.25) is 14.9 Å². The van der Waals surface area contributed by atoms with E-state index in [1.165, 1.54) is 4.90 Å². The third-order valence-corrected chi connectivity index (χ3v) is 4.69. The van der Waals surface area contributed by atoms with E-state index in [1.54, 1.807) is 6.92 Å². The van der Waals surface area contributed by atoms with E-state index < -0.39 is 17.9 Å². The van der Waals surface area contributed by atoms with Crippen LogP contribution in [0.3, 0.4) is 0 Å². The molecule has 0 aromatic heterocycles. The Morgan fingerprint density at radius 2 is 2.00 bits per heavy atom. The first-order valence-electron chi connectivity index (χ1n) is 8.76. The number of ether oxygens (including phenoxy) is 1. The highest BCUT2D eigenvalue weighted by Crippen LogP contribution is 2.30. The van der Waals surface area contributed by atoms with Crippen molar-refractivity contribution in [3.63, 3.8) is 0 Å². The number of quaternary nitrogens is 1. The average molecular weight is 345 g/mol. The molecule has 2 heterocycles. The second-order valence-corrected chi connectivity index (χ2v) is 6.47. The minimum Gasteiger partial charge on any atom is -0.465 e. The second-order valence-electron chi connectivity index (χ2n) is 6.47.